The van der Waals surface area contributed by atoms with Crippen LogP contribution < -0.4 is 10.6 Å². The summed E-state index contributed by atoms with van der Waals surface area (Å²) < 4.78 is 0. The topological polar surface area (TPSA) is 85.2 Å². The highest BCUT2D eigenvalue weighted by molar-refractivity contribution is 5.79. The van der Waals surface area contributed by atoms with Crippen molar-refractivity contribution in [3.05, 3.63) is 0 Å². The van der Waals surface area contributed by atoms with Gasteiger partial charge >= 0.3 is 5.97 Å². The monoisotopic (exact) mass is 169 g/mol. The summed E-state index contributed by atoms with van der Waals surface area (Å²) in [6.07, 6.45) is -0.00463. The van der Waals surface area contributed by atoms with Gasteiger partial charge in [0.05, 0.1) is 12.5 Å². The minimum absolute atomic E-state index is 0.00463. The van der Waals surface area contributed by atoms with Crippen molar-refractivity contribution in [1.82, 2.24) is 10.6 Å². The SMILES string of the molecule is N#CCC1(C(=O)O)CNCCN1. The molecular weight excluding hydrogens is 158 g/mol. The second-order valence-electron chi connectivity index (χ2n) is 2.83. The highest BCUT2D eigenvalue weighted by Crippen LogP contribution is 2.10. The van der Waals surface area contributed by atoms with E-state index < -0.39 is 11.5 Å². The molecule has 1 unspecified atom stereocenters. The first-order valence-corrected chi connectivity index (χ1v) is 3.77. The molecule has 0 aromatic carbocycles. The Morgan fingerprint density at radius 3 is 2.83 bits per heavy atom. The summed E-state index contributed by atoms with van der Waals surface area (Å²) in [6.45, 7) is 1.66. The number of hydrogen-bond donors (Lipinski definition) is 3. The van der Waals surface area contributed by atoms with Crippen molar-refractivity contribution >= 4 is 5.97 Å². The third-order valence-electron chi connectivity index (χ3n) is 1.98. The van der Waals surface area contributed by atoms with E-state index in [4.69, 9.17) is 10.4 Å². The van der Waals surface area contributed by atoms with Gasteiger partial charge in [0.1, 0.15) is 5.54 Å². The van der Waals surface area contributed by atoms with E-state index in [1.807, 2.05) is 6.07 Å². The molecule has 0 bridgehead atoms. The van der Waals surface area contributed by atoms with Crippen LogP contribution in [-0.2, 0) is 4.79 Å². The van der Waals surface area contributed by atoms with Crippen molar-refractivity contribution in [3.8, 4) is 6.07 Å². The molecule has 0 amide bonds. The fourth-order valence-corrected chi connectivity index (χ4v) is 1.24. The van der Waals surface area contributed by atoms with Crippen LogP contribution in [0.2, 0.25) is 0 Å². The molecule has 5 heteroatoms. The zero-order chi connectivity index (χ0) is 9.03. The Morgan fingerprint density at radius 1 is 1.67 bits per heavy atom. The molecule has 66 valence electrons. The summed E-state index contributed by atoms with van der Waals surface area (Å²) in [5.74, 6) is -0.962. The van der Waals surface area contributed by atoms with Gasteiger partial charge in [0.25, 0.3) is 0 Å². The molecular formula is C7H11N3O2. The van der Waals surface area contributed by atoms with E-state index in [9.17, 15) is 4.79 Å². The molecule has 1 saturated heterocycles. The summed E-state index contributed by atoms with van der Waals surface area (Å²) in [6, 6.07) is 1.88. The van der Waals surface area contributed by atoms with Crippen LogP contribution in [-0.4, -0.2) is 36.2 Å². The van der Waals surface area contributed by atoms with Crippen LogP contribution in [0.4, 0.5) is 0 Å². The van der Waals surface area contributed by atoms with Gasteiger partial charge in [-0.25, -0.2) is 0 Å². The minimum atomic E-state index is -1.08. The first kappa shape index (κ1) is 8.97. The van der Waals surface area contributed by atoms with Crippen LogP contribution in [0.1, 0.15) is 6.42 Å². The number of carboxylic acid groups (broad SMARTS) is 1. The predicted molar refractivity (Wildman–Crippen MR) is 41.5 cm³/mol. The normalized spacial score (nSPS) is 29.2. The van der Waals surface area contributed by atoms with E-state index in [1.54, 1.807) is 0 Å². The molecule has 12 heavy (non-hydrogen) atoms. The maximum atomic E-state index is 10.8. The molecule has 0 saturated carbocycles. The number of piperazine rings is 1. The molecule has 1 aliphatic heterocycles. The zero-order valence-corrected chi connectivity index (χ0v) is 6.63. The van der Waals surface area contributed by atoms with Gasteiger partial charge in [0.2, 0.25) is 0 Å². The maximum Gasteiger partial charge on any atom is 0.326 e. The van der Waals surface area contributed by atoms with Gasteiger partial charge in [-0.2, -0.15) is 5.26 Å². The second-order valence-corrected chi connectivity index (χ2v) is 2.83. The van der Waals surface area contributed by atoms with Gasteiger partial charge in [-0.3, -0.25) is 10.1 Å². The van der Waals surface area contributed by atoms with Crippen molar-refractivity contribution in [1.29, 1.82) is 5.26 Å². The lowest BCUT2D eigenvalue weighted by atomic mass is 9.94. The minimum Gasteiger partial charge on any atom is -0.480 e. The van der Waals surface area contributed by atoms with Gasteiger partial charge in [-0.15, -0.1) is 0 Å². The highest BCUT2D eigenvalue weighted by Gasteiger charge is 2.39. The average molecular weight is 169 g/mol. The van der Waals surface area contributed by atoms with Gasteiger partial charge in [-0.05, 0) is 0 Å². The van der Waals surface area contributed by atoms with E-state index in [0.717, 1.165) is 6.54 Å². The van der Waals surface area contributed by atoms with Crippen LogP contribution in [0.15, 0.2) is 0 Å². The van der Waals surface area contributed by atoms with E-state index in [0.29, 0.717) is 13.1 Å². The van der Waals surface area contributed by atoms with Crippen LogP contribution in [0.3, 0.4) is 0 Å². The molecule has 1 heterocycles. The molecule has 0 aliphatic carbocycles. The number of nitrogens with one attached hydrogen (secondary N) is 2. The number of rotatable bonds is 2. The van der Waals surface area contributed by atoms with Crippen molar-refractivity contribution in [2.45, 2.75) is 12.0 Å². The van der Waals surface area contributed by atoms with Gasteiger partial charge in [0, 0.05) is 19.6 Å². The number of aliphatic carboxylic acids is 1. The van der Waals surface area contributed by atoms with E-state index >= 15 is 0 Å². The Hall–Kier alpha value is -1.12. The lowest BCUT2D eigenvalue weighted by Crippen LogP contribution is -2.63. The van der Waals surface area contributed by atoms with E-state index in [1.165, 1.54) is 0 Å². The summed E-state index contributed by atoms with van der Waals surface area (Å²) in [7, 11) is 0. The summed E-state index contributed by atoms with van der Waals surface area (Å²) in [5.41, 5.74) is -1.08. The van der Waals surface area contributed by atoms with Crippen molar-refractivity contribution in [3.63, 3.8) is 0 Å². The molecule has 1 atom stereocenters. The Balaban J connectivity index is 2.71. The molecule has 3 N–H and O–H groups in total. The number of hydrogen-bond acceptors (Lipinski definition) is 4. The summed E-state index contributed by atoms with van der Waals surface area (Å²) >= 11 is 0. The average Bonchev–Trinajstić information content (AvgIpc) is 2.06. The van der Waals surface area contributed by atoms with Crippen LogP contribution in [0, 0.1) is 11.3 Å². The zero-order valence-electron chi connectivity index (χ0n) is 6.63. The molecule has 1 aliphatic rings. The molecule has 1 rings (SSSR count). The number of nitriles is 1. The Kier molecular flexibility index (Phi) is 2.63. The van der Waals surface area contributed by atoms with E-state index in [-0.39, 0.29) is 6.42 Å². The van der Waals surface area contributed by atoms with Crippen molar-refractivity contribution < 1.29 is 9.90 Å². The summed E-state index contributed by atoms with van der Waals surface area (Å²) in [4.78, 5) is 10.8. The smallest absolute Gasteiger partial charge is 0.326 e. The van der Waals surface area contributed by atoms with Crippen LogP contribution in [0.5, 0.6) is 0 Å². The molecule has 1 fully saturated rings. The molecule has 0 spiro atoms. The first-order chi connectivity index (χ1) is 5.71. The standard InChI is InChI=1S/C7H11N3O2/c8-2-1-7(6(11)12)5-9-3-4-10-7/h9-10H,1,3-5H2,(H,11,12). The Bertz CT molecular complexity index is 215. The quantitative estimate of drug-likeness (QED) is 0.489. The second kappa shape index (κ2) is 3.52. The predicted octanol–water partition coefficient (Wildman–Crippen LogP) is -1.08. The van der Waals surface area contributed by atoms with Crippen LogP contribution in [0.25, 0.3) is 0 Å². The fourth-order valence-electron chi connectivity index (χ4n) is 1.24. The number of carboxylic acids is 1. The van der Waals surface area contributed by atoms with Crippen LogP contribution >= 0.6 is 0 Å². The Morgan fingerprint density at radius 2 is 2.42 bits per heavy atom. The maximum absolute atomic E-state index is 10.8. The Labute approximate surface area is 70.4 Å². The third kappa shape index (κ3) is 1.55. The van der Waals surface area contributed by atoms with Crippen molar-refractivity contribution in [2.75, 3.05) is 19.6 Å². The van der Waals surface area contributed by atoms with E-state index in [2.05, 4.69) is 10.6 Å². The van der Waals surface area contributed by atoms with Gasteiger partial charge < -0.3 is 10.4 Å². The van der Waals surface area contributed by atoms with Gasteiger partial charge in [0.15, 0.2) is 0 Å². The molecule has 5 nitrogen and oxygen atoms in total. The molecule has 0 radical (unpaired) electrons. The number of carbonyl (C=O) groups is 1. The van der Waals surface area contributed by atoms with Gasteiger partial charge in [-0.1, -0.05) is 0 Å². The molecule has 0 aromatic rings. The molecule has 0 aromatic heterocycles. The first-order valence-electron chi connectivity index (χ1n) is 3.77. The third-order valence-corrected chi connectivity index (χ3v) is 1.98. The largest absolute Gasteiger partial charge is 0.480 e. The fraction of sp³-hybridized carbons (Fsp3) is 0.714. The summed E-state index contributed by atoms with van der Waals surface area (Å²) in [5, 5.41) is 23.1. The number of nitrogens with zero attached hydrogens (tertiary/aromatic N) is 1. The van der Waals surface area contributed by atoms with Crippen molar-refractivity contribution in [2.24, 2.45) is 0 Å². The lowest BCUT2D eigenvalue weighted by Gasteiger charge is -2.32. The highest BCUT2D eigenvalue weighted by atomic mass is 16.4. The lowest BCUT2D eigenvalue weighted by molar-refractivity contribution is -0.145.